The van der Waals surface area contributed by atoms with E-state index in [0.717, 1.165) is 0 Å². The molecule has 0 bridgehead atoms. The monoisotopic (exact) mass is 350 g/mol. The fraction of sp³-hybridized carbons (Fsp3) is 0.778. The molecule has 0 rings (SSSR count). The maximum absolute atomic E-state index is 2.40. The van der Waals surface area contributed by atoms with Crippen molar-refractivity contribution in [2.75, 3.05) is 36.5 Å². The van der Waals surface area contributed by atoms with Crippen LogP contribution in [0.15, 0.2) is 11.6 Å². The first kappa shape index (κ1) is 19.9. The Kier molecular flexibility index (Phi) is 17.6. The van der Waals surface area contributed by atoms with Crippen molar-refractivity contribution in [1.82, 2.24) is 0 Å². The quantitative estimate of drug-likeness (QED) is 0.355. The number of rotatable bonds is 4. The summed E-state index contributed by atoms with van der Waals surface area (Å²) in [7, 11) is 1.15. The first-order valence-electron chi connectivity index (χ1n) is 3.76. The van der Waals surface area contributed by atoms with Gasteiger partial charge in [-0.2, -0.15) is 0 Å². The second-order valence-corrected chi connectivity index (χ2v) is 7.90. The van der Waals surface area contributed by atoms with Crippen LogP contribution in [0.1, 0.15) is 6.92 Å². The van der Waals surface area contributed by atoms with Crippen molar-refractivity contribution in [3.8, 4) is 0 Å². The first-order valence-corrected chi connectivity index (χ1v) is 8.18. The summed E-state index contributed by atoms with van der Waals surface area (Å²) in [6, 6.07) is 0. The smallest absolute Gasteiger partial charge is 0.128 e. The van der Waals surface area contributed by atoms with Gasteiger partial charge in [0.15, 0.2) is 0 Å². The molecule has 0 aromatic carbocycles. The van der Waals surface area contributed by atoms with E-state index in [0.29, 0.717) is 21.8 Å². The number of halogens is 2. The summed E-state index contributed by atoms with van der Waals surface area (Å²) in [6.45, 7) is 2.25. The van der Waals surface area contributed by atoms with E-state index < -0.39 is 0 Å². The Morgan fingerprint density at radius 3 is 1.77 bits per heavy atom. The molecule has 0 spiro atoms. The Morgan fingerprint density at radius 2 is 1.46 bits per heavy atom. The van der Waals surface area contributed by atoms with Gasteiger partial charge in [0.05, 0.1) is 25.0 Å². The van der Waals surface area contributed by atoms with Crippen molar-refractivity contribution in [3.05, 3.63) is 11.6 Å². The molecule has 0 N–H and O–H groups in total. The lowest BCUT2D eigenvalue weighted by atomic mass is 10.3. The average molecular weight is 352 g/mol. The molecular formula is C9H20Br2S2. The maximum Gasteiger partial charge on any atom is 0.128 e. The number of hydrogen-bond donors (Lipinski definition) is 0. The Morgan fingerprint density at radius 1 is 1.00 bits per heavy atom. The fourth-order valence-electron chi connectivity index (χ4n) is 0.823. The SMILES string of the molecule is C/C(=C\C[S+](C)C)C[S+](C)C.[Br-].[Br-]. The van der Waals surface area contributed by atoms with Crippen molar-refractivity contribution < 1.29 is 34.0 Å². The number of hydrogen-bond acceptors (Lipinski definition) is 0. The van der Waals surface area contributed by atoms with Crippen LogP contribution in [0.5, 0.6) is 0 Å². The largest absolute Gasteiger partial charge is 1.00 e. The highest BCUT2D eigenvalue weighted by Crippen LogP contribution is 1.99. The highest BCUT2D eigenvalue weighted by molar-refractivity contribution is 7.96. The van der Waals surface area contributed by atoms with Gasteiger partial charge in [-0.15, -0.1) is 0 Å². The minimum absolute atomic E-state index is 0. The topological polar surface area (TPSA) is 0 Å². The highest BCUT2D eigenvalue weighted by Gasteiger charge is 2.04. The predicted molar refractivity (Wildman–Crippen MR) is 61.9 cm³/mol. The lowest BCUT2D eigenvalue weighted by Gasteiger charge is -1.97. The molecule has 0 heterocycles. The standard InChI is InChI=1S/C9H20S2.2BrH/c1-9(8-11(4)5)6-7-10(2)3;;/h6H,7-8H2,1-5H3;2*1H/q+2;;/p-2/b9-6+;;. The molecule has 0 unspecified atom stereocenters. The van der Waals surface area contributed by atoms with Gasteiger partial charge >= 0.3 is 0 Å². The zero-order chi connectivity index (χ0) is 8.85. The van der Waals surface area contributed by atoms with E-state index in [2.05, 4.69) is 38.0 Å². The Hall–Kier alpha value is 1.40. The van der Waals surface area contributed by atoms with Gasteiger partial charge in [-0.25, -0.2) is 0 Å². The van der Waals surface area contributed by atoms with Crippen LogP contribution in [-0.2, 0) is 21.8 Å². The van der Waals surface area contributed by atoms with Crippen LogP contribution in [0.2, 0.25) is 0 Å². The summed E-state index contributed by atoms with van der Waals surface area (Å²) in [6.07, 6.45) is 11.6. The molecule has 0 aliphatic rings. The molecule has 0 atom stereocenters. The van der Waals surface area contributed by atoms with Crippen LogP contribution in [0.3, 0.4) is 0 Å². The fourth-order valence-corrected chi connectivity index (χ4v) is 2.47. The van der Waals surface area contributed by atoms with Crippen LogP contribution in [0.4, 0.5) is 0 Å². The lowest BCUT2D eigenvalue weighted by molar-refractivity contribution is -0.00100. The molecule has 0 nitrogen and oxygen atoms in total. The second kappa shape index (κ2) is 11.5. The Labute approximate surface area is 110 Å². The molecule has 4 heteroatoms. The van der Waals surface area contributed by atoms with Crippen molar-refractivity contribution in [2.45, 2.75) is 6.92 Å². The van der Waals surface area contributed by atoms with Crippen molar-refractivity contribution in [2.24, 2.45) is 0 Å². The van der Waals surface area contributed by atoms with Crippen molar-refractivity contribution in [1.29, 1.82) is 0 Å². The minimum Gasteiger partial charge on any atom is -1.00 e. The van der Waals surface area contributed by atoms with Crippen molar-refractivity contribution in [3.63, 3.8) is 0 Å². The van der Waals surface area contributed by atoms with Crippen molar-refractivity contribution >= 4 is 21.8 Å². The summed E-state index contributed by atoms with van der Waals surface area (Å²) < 4.78 is 0. The summed E-state index contributed by atoms with van der Waals surface area (Å²) in [4.78, 5) is 0. The van der Waals surface area contributed by atoms with E-state index in [1.165, 1.54) is 11.5 Å². The summed E-state index contributed by atoms with van der Waals surface area (Å²) in [5, 5.41) is 0. The third kappa shape index (κ3) is 16.1. The van der Waals surface area contributed by atoms with Crippen LogP contribution in [0, 0.1) is 0 Å². The van der Waals surface area contributed by atoms with E-state index in [1.54, 1.807) is 5.57 Å². The van der Waals surface area contributed by atoms with Crippen LogP contribution in [-0.4, -0.2) is 36.5 Å². The third-order valence-corrected chi connectivity index (χ3v) is 3.15. The van der Waals surface area contributed by atoms with E-state index in [-0.39, 0.29) is 34.0 Å². The van der Waals surface area contributed by atoms with Gasteiger partial charge in [-0.05, 0) is 40.4 Å². The maximum atomic E-state index is 2.40. The molecule has 0 aromatic rings. The molecule has 0 aromatic heterocycles. The van der Waals surface area contributed by atoms with Gasteiger partial charge in [-0.3, -0.25) is 0 Å². The predicted octanol–water partition coefficient (Wildman–Crippen LogP) is -4.30. The molecule has 0 radical (unpaired) electrons. The zero-order valence-corrected chi connectivity index (χ0v) is 13.9. The Bertz CT molecular complexity index is 134. The van der Waals surface area contributed by atoms with Crippen LogP contribution < -0.4 is 34.0 Å². The molecule has 0 saturated carbocycles. The van der Waals surface area contributed by atoms with Gasteiger partial charge in [0.2, 0.25) is 0 Å². The first-order chi connectivity index (χ1) is 5.02. The van der Waals surface area contributed by atoms with Gasteiger partial charge < -0.3 is 34.0 Å². The van der Waals surface area contributed by atoms with E-state index in [9.17, 15) is 0 Å². The molecule has 0 saturated heterocycles. The molecule has 82 valence electrons. The minimum atomic E-state index is 0. The summed E-state index contributed by atoms with van der Waals surface area (Å²) in [5.74, 6) is 2.56. The lowest BCUT2D eigenvalue weighted by Crippen LogP contribution is -3.00. The third-order valence-electron chi connectivity index (χ3n) is 1.28. The molecule has 0 amide bonds. The van der Waals surface area contributed by atoms with E-state index >= 15 is 0 Å². The second-order valence-electron chi connectivity index (χ2n) is 3.33. The molecule has 0 aliphatic carbocycles. The average Bonchev–Trinajstić information content (AvgIpc) is 1.82. The summed E-state index contributed by atoms with van der Waals surface area (Å²) >= 11 is 0. The normalized spacial score (nSPS) is 11.2. The molecule has 0 aliphatic heterocycles. The Balaban J connectivity index is -0.000000500. The van der Waals surface area contributed by atoms with Crippen LogP contribution in [0.25, 0.3) is 0 Å². The summed E-state index contributed by atoms with van der Waals surface area (Å²) in [5.41, 5.74) is 1.57. The van der Waals surface area contributed by atoms with E-state index in [1.807, 2.05) is 0 Å². The van der Waals surface area contributed by atoms with Crippen LogP contribution >= 0.6 is 0 Å². The molecule has 13 heavy (non-hydrogen) atoms. The molecule has 0 fully saturated rings. The van der Waals surface area contributed by atoms with Gasteiger partial charge in [0, 0.05) is 0 Å². The van der Waals surface area contributed by atoms with Gasteiger partial charge in [0.25, 0.3) is 0 Å². The van der Waals surface area contributed by atoms with Gasteiger partial charge in [0.1, 0.15) is 11.5 Å². The molecular weight excluding hydrogens is 332 g/mol. The van der Waals surface area contributed by atoms with E-state index in [4.69, 9.17) is 0 Å². The van der Waals surface area contributed by atoms with Gasteiger partial charge in [-0.1, -0.05) is 0 Å². The zero-order valence-electron chi connectivity index (χ0n) is 9.06. The highest BCUT2D eigenvalue weighted by atomic mass is 79.9.